The third-order valence-corrected chi connectivity index (χ3v) is 5.05. The fraction of sp³-hybridized carbons (Fsp3) is 0.833. The zero-order chi connectivity index (χ0) is 18.4. The van der Waals surface area contributed by atoms with Crippen LogP contribution in [-0.4, -0.2) is 86.1 Å². The highest BCUT2D eigenvalue weighted by Crippen LogP contribution is 2.28. The predicted octanol–water partition coefficient (Wildman–Crippen LogP) is -0.199. The van der Waals surface area contributed by atoms with E-state index >= 15 is 0 Å². The Balaban J connectivity index is 1.43. The van der Waals surface area contributed by atoms with E-state index < -0.39 is 0 Å². The molecule has 0 aromatic rings. The topological polar surface area (TPSA) is 86.3 Å². The van der Waals surface area contributed by atoms with E-state index in [2.05, 4.69) is 20.5 Å². The summed E-state index contributed by atoms with van der Waals surface area (Å²) < 4.78 is 5.51. The van der Waals surface area contributed by atoms with E-state index in [1.807, 2.05) is 11.8 Å². The smallest absolute Gasteiger partial charge is 0.251 e. The highest BCUT2D eigenvalue weighted by molar-refractivity contribution is 5.83. The number of aliphatic imine (C=N–C) groups is 1. The van der Waals surface area contributed by atoms with E-state index in [9.17, 15) is 9.59 Å². The van der Waals surface area contributed by atoms with Crippen LogP contribution in [0.4, 0.5) is 0 Å². The van der Waals surface area contributed by atoms with Gasteiger partial charge in [0.05, 0.1) is 6.54 Å². The molecular formula is C18H31N5O3. The molecule has 146 valence electrons. The lowest BCUT2D eigenvalue weighted by molar-refractivity contribution is -0.142. The molecule has 1 atom stereocenters. The Hall–Kier alpha value is -1.83. The van der Waals surface area contributed by atoms with Crippen LogP contribution in [0.25, 0.3) is 0 Å². The van der Waals surface area contributed by atoms with Crippen LogP contribution in [-0.2, 0) is 14.3 Å². The molecule has 2 amide bonds. The van der Waals surface area contributed by atoms with Crippen LogP contribution in [0, 0.1) is 5.92 Å². The first-order valence-corrected chi connectivity index (χ1v) is 9.90. The minimum Gasteiger partial charge on any atom is -0.368 e. The molecule has 3 rings (SSSR count). The van der Waals surface area contributed by atoms with Crippen molar-refractivity contribution in [1.82, 2.24) is 20.4 Å². The monoisotopic (exact) mass is 365 g/mol. The maximum absolute atomic E-state index is 12.4. The fourth-order valence-corrected chi connectivity index (χ4v) is 3.37. The highest BCUT2D eigenvalue weighted by Gasteiger charge is 2.31. The summed E-state index contributed by atoms with van der Waals surface area (Å²) in [5, 5.41) is 6.25. The van der Waals surface area contributed by atoms with Crippen LogP contribution < -0.4 is 10.6 Å². The average Bonchev–Trinajstić information content (AvgIpc) is 3.38. The normalized spacial score (nSPS) is 23.9. The zero-order valence-electron chi connectivity index (χ0n) is 15.7. The molecule has 8 nitrogen and oxygen atoms in total. The Bertz CT molecular complexity index is 521. The number of nitrogens with zero attached hydrogens (tertiary/aromatic N) is 3. The first-order chi connectivity index (χ1) is 12.7. The summed E-state index contributed by atoms with van der Waals surface area (Å²) in [5.41, 5.74) is 0. The van der Waals surface area contributed by atoms with Gasteiger partial charge in [0.25, 0.3) is 5.91 Å². The molecule has 3 aliphatic rings. The van der Waals surface area contributed by atoms with E-state index in [0.29, 0.717) is 32.8 Å². The van der Waals surface area contributed by atoms with Gasteiger partial charge >= 0.3 is 0 Å². The highest BCUT2D eigenvalue weighted by atomic mass is 16.5. The molecule has 2 saturated heterocycles. The number of ether oxygens (including phenoxy) is 1. The van der Waals surface area contributed by atoms with Crippen molar-refractivity contribution >= 4 is 17.8 Å². The Morgan fingerprint density at radius 3 is 2.42 bits per heavy atom. The second-order valence-corrected chi connectivity index (χ2v) is 7.11. The van der Waals surface area contributed by atoms with Crippen LogP contribution in [0.2, 0.25) is 0 Å². The van der Waals surface area contributed by atoms with Gasteiger partial charge in [0.1, 0.15) is 6.10 Å². The van der Waals surface area contributed by atoms with Gasteiger partial charge in [-0.3, -0.25) is 14.6 Å². The maximum Gasteiger partial charge on any atom is 0.251 e. The third-order valence-electron chi connectivity index (χ3n) is 5.05. The molecule has 2 heterocycles. The van der Waals surface area contributed by atoms with Crippen LogP contribution >= 0.6 is 0 Å². The lowest BCUT2D eigenvalue weighted by Gasteiger charge is -2.37. The second kappa shape index (κ2) is 9.21. The van der Waals surface area contributed by atoms with Crippen molar-refractivity contribution in [3.63, 3.8) is 0 Å². The standard InChI is InChI=1S/C18H31N5O3/c1-2-19-18(21-8-7-20-16(24)14-5-6-14)23-11-9-22(10-12-23)17(25)15-4-3-13-26-15/h14-15H,2-13H2,1H3,(H,19,21)(H,20,24). The number of carbonyl (C=O) groups is 2. The van der Waals surface area contributed by atoms with Crippen LogP contribution in [0.1, 0.15) is 32.6 Å². The molecule has 2 N–H and O–H groups in total. The van der Waals surface area contributed by atoms with Gasteiger partial charge in [-0.1, -0.05) is 0 Å². The lowest BCUT2D eigenvalue weighted by atomic mass is 10.2. The number of guanidine groups is 1. The van der Waals surface area contributed by atoms with E-state index in [0.717, 1.165) is 51.3 Å². The molecule has 0 spiro atoms. The Kier molecular flexibility index (Phi) is 6.71. The summed E-state index contributed by atoms with van der Waals surface area (Å²) >= 11 is 0. The van der Waals surface area contributed by atoms with Crippen molar-refractivity contribution in [1.29, 1.82) is 0 Å². The Morgan fingerprint density at radius 2 is 1.81 bits per heavy atom. The summed E-state index contributed by atoms with van der Waals surface area (Å²) in [6.45, 7) is 7.59. The largest absolute Gasteiger partial charge is 0.368 e. The molecule has 1 aliphatic carbocycles. The SMILES string of the molecule is CCNC(=NCCNC(=O)C1CC1)N1CCN(C(=O)C2CCCO2)CC1. The van der Waals surface area contributed by atoms with Gasteiger partial charge < -0.3 is 25.2 Å². The van der Waals surface area contributed by atoms with Gasteiger partial charge in [0, 0.05) is 51.8 Å². The lowest BCUT2D eigenvalue weighted by Crippen LogP contribution is -2.55. The first kappa shape index (κ1) is 18.9. The van der Waals surface area contributed by atoms with E-state index in [1.54, 1.807) is 0 Å². The molecule has 0 bridgehead atoms. The van der Waals surface area contributed by atoms with Gasteiger partial charge in [-0.2, -0.15) is 0 Å². The number of nitrogens with one attached hydrogen (secondary N) is 2. The quantitative estimate of drug-likeness (QED) is 0.387. The molecular weight excluding hydrogens is 334 g/mol. The van der Waals surface area contributed by atoms with Gasteiger partial charge in [-0.05, 0) is 32.6 Å². The number of piperazine rings is 1. The summed E-state index contributed by atoms with van der Waals surface area (Å²) in [6.07, 6.45) is 3.62. The van der Waals surface area contributed by atoms with Crippen molar-refractivity contribution in [2.24, 2.45) is 10.9 Å². The van der Waals surface area contributed by atoms with Crippen LogP contribution in [0.3, 0.4) is 0 Å². The van der Waals surface area contributed by atoms with Gasteiger partial charge in [-0.25, -0.2) is 0 Å². The maximum atomic E-state index is 12.4. The summed E-state index contributed by atoms with van der Waals surface area (Å²) in [4.78, 5) is 32.8. The zero-order valence-corrected chi connectivity index (χ0v) is 15.7. The molecule has 0 aromatic carbocycles. The van der Waals surface area contributed by atoms with Crippen LogP contribution in [0.5, 0.6) is 0 Å². The molecule has 8 heteroatoms. The average molecular weight is 365 g/mol. The molecule has 1 saturated carbocycles. The molecule has 1 unspecified atom stereocenters. The van der Waals surface area contributed by atoms with E-state index in [-0.39, 0.29) is 23.8 Å². The van der Waals surface area contributed by atoms with Crippen molar-refractivity contribution in [2.75, 3.05) is 52.4 Å². The Morgan fingerprint density at radius 1 is 1.08 bits per heavy atom. The van der Waals surface area contributed by atoms with Gasteiger partial charge in [0.2, 0.25) is 5.91 Å². The molecule has 26 heavy (non-hydrogen) atoms. The predicted molar refractivity (Wildman–Crippen MR) is 98.8 cm³/mol. The number of rotatable bonds is 6. The van der Waals surface area contributed by atoms with Crippen molar-refractivity contribution in [3.05, 3.63) is 0 Å². The Labute approximate surface area is 155 Å². The minimum absolute atomic E-state index is 0.131. The number of hydrogen-bond donors (Lipinski definition) is 2. The van der Waals surface area contributed by atoms with Crippen molar-refractivity contribution in [2.45, 2.75) is 38.7 Å². The molecule has 2 aliphatic heterocycles. The number of carbonyl (C=O) groups excluding carboxylic acids is 2. The van der Waals surface area contributed by atoms with Crippen LogP contribution in [0.15, 0.2) is 4.99 Å². The molecule has 3 fully saturated rings. The fourth-order valence-electron chi connectivity index (χ4n) is 3.37. The van der Waals surface area contributed by atoms with Gasteiger partial charge in [-0.15, -0.1) is 0 Å². The van der Waals surface area contributed by atoms with Gasteiger partial charge in [0.15, 0.2) is 5.96 Å². The summed E-state index contributed by atoms with van der Waals surface area (Å²) in [5.74, 6) is 1.39. The summed E-state index contributed by atoms with van der Waals surface area (Å²) in [7, 11) is 0. The summed E-state index contributed by atoms with van der Waals surface area (Å²) in [6, 6.07) is 0. The first-order valence-electron chi connectivity index (χ1n) is 9.90. The van der Waals surface area contributed by atoms with Crippen molar-refractivity contribution in [3.8, 4) is 0 Å². The molecule has 0 radical (unpaired) electrons. The van der Waals surface area contributed by atoms with E-state index in [1.165, 1.54) is 0 Å². The second-order valence-electron chi connectivity index (χ2n) is 7.11. The number of hydrogen-bond acceptors (Lipinski definition) is 4. The third kappa shape index (κ3) is 5.09. The van der Waals surface area contributed by atoms with Crippen molar-refractivity contribution < 1.29 is 14.3 Å². The van der Waals surface area contributed by atoms with E-state index in [4.69, 9.17) is 4.74 Å². The minimum atomic E-state index is -0.237. The number of amides is 2. The molecule has 0 aromatic heterocycles.